The van der Waals surface area contributed by atoms with Gasteiger partial charge in [-0.25, -0.2) is 4.39 Å². The lowest BCUT2D eigenvalue weighted by Gasteiger charge is -2.16. The van der Waals surface area contributed by atoms with Crippen LogP contribution in [0.1, 0.15) is 19.3 Å². The molecule has 1 fully saturated rings. The van der Waals surface area contributed by atoms with Gasteiger partial charge in [0.05, 0.1) is 10.7 Å². The molecule has 0 heterocycles. The van der Waals surface area contributed by atoms with Gasteiger partial charge in [-0.2, -0.15) is 0 Å². The van der Waals surface area contributed by atoms with E-state index < -0.39 is 0 Å². The third-order valence-corrected chi connectivity index (χ3v) is 2.69. The van der Waals surface area contributed by atoms with E-state index >= 15 is 0 Å². The molecule has 0 amide bonds. The van der Waals surface area contributed by atoms with Crippen molar-refractivity contribution in [1.82, 2.24) is 0 Å². The fraction of sp³-hybridized carbons (Fsp3) is 0.273. The summed E-state index contributed by atoms with van der Waals surface area (Å²) < 4.78 is 13.2. The van der Waals surface area contributed by atoms with Gasteiger partial charge in [0.25, 0.3) is 0 Å². The standard InChI is InChI=1S/C11H11ClFN/c12-9-5-2-6-10(13)11(9)14-7-8-3-1-4-8/h2,5-7,14H,1,3-4H2. The van der Waals surface area contributed by atoms with Crippen LogP contribution in [0.2, 0.25) is 5.02 Å². The van der Waals surface area contributed by atoms with Crippen LogP contribution in [0.4, 0.5) is 10.1 Å². The Kier molecular flexibility index (Phi) is 2.73. The maximum atomic E-state index is 13.2. The van der Waals surface area contributed by atoms with Crippen LogP contribution in [-0.2, 0) is 0 Å². The van der Waals surface area contributed by atoms with Crippen LogP contribution in [0.3, 0.4) is 0 Å². The first kappa shape index (κ1) is 9.53. The molecule has 0 saturated heterocycles. The maximum Gasteiger partial charge on any atom is 0.148 e. The minimum Gasteiger partial charge on any atom is -0.358 e. The van der Waals surface area contributed by atoms with Crippen molar-refractivity contribution in [2.45, 2.75) is 19.3 Å². The van der Waals surface area contributed by atoms with E-state index in [1.54, 1.807) is 12.1 Å². The molecule has 0 radical (unpaired) electrons. The van der Waals surface area contributed by atoms with E-state index in [1.807, 2.05) is 6.20 Å². The molecule has 3 heteroatoms. The van der Waals surface area contributed by atoms with Crippen molar-refractivity contribution < 1.29 is 4.39 Å². The Hall–Kier alpha value is -1.02. The van der Waals surface area contributed by atoms with Gasteiger partial charge in [-0.15, -0.1) is 0 Å². The van der Waals surface area contributed by atoms with Gasteiger partial charge in [-0.1, -0.05) is 23.2 Å². The van der Waals surface area contributed by atoms with Gasteiger partial charge >= 0.3 is 0 Å². The molecule has 2 rings (SSSR count). The number of anilines is 1. The molecule has 0 aromatic heterocycles. The molecule has 1 aromatic rings. The van der Waals surface area contributed by atoms with Gasteiger partial charge in [0.2, 0.25) is 0 Å². The smallest absolute Gasteiger partial charge is 0.148 e. The van der Waals surface area contributed by atoms with Crippen molar-refractivity contribution in [3.8, 4) is 0 Å². The van der Waals surface area contributed by atoms with E-state index in [-0.39, 0.29) is 5.82 Å². The van der Waals surface area contributed by atoms with E-state index in [9.17, 15) is 4.39 Å². The zero-order chi connectivity index (χ0) is 9.97. The molecule has 14 heavy (non-hydrogen) atoms. The Morgan fingerprint density at radius 2 is 2.14 bits per heavy atom. The molecule has 1 aliphatic rings. The van der Waals surface area contributed by atoms with Crippen LogP contribution in [0, 0.1) is 5.82 Å². The quantitative estimate of drug-likeness (QED) is 0.781. The average molecular weight is 212 g/mol. The molecule has 0 aliphatic heterocycles. The SMILES string of the molecule is Fc1cccc(Cl)c1NC=C1CCC1. The van der Waals surface area contributed by atoms with E-state index in [0.717, 1.165) is 12.8 Å². The van der Waals surface area contributed by atoms with Gasteiger partial charge in [0, 0.05) is 6.20 Å². The highest BCUT2D eigenvalue weighted by Crippen LogP contribution is 2.28. The molecular weight excluding hydrogens is 201 g/mol. The van der Waals surface area contributed by atoms with E-state index in [1.165, 1.54) is 18.1 Å². The lowest BCUT2D eigenvalue weighted by molar-refractivity contribution is 0.631. The summed E-state index contributed by atoms with van der Waals surface area (Å²) in [5.74, 6) is -0.311. The molecule has 0 atom stereocenters. The third kappa shape index (κ3) is 1.90. The Balaban J connectivity index is 2.15. The zero-order valence-corrected chi connectivity index (χ0v) is 8.44. The first-order chi connectivity index (χ1) is 6.77. The molecule has 74 valence electrons. The molecule has 1 aliphatic carbocycles. The second-order valence-corrected chi connectivity index (χ2v) is 3.80. The van der Waals surface area contributed by atoms with Crippen molar-refractivity contribution in [1.29, 1.82) is 0 Å². The normalized spacial score (nSPS) is 14.9. The Bertz CT molecular complexity index is 347. The monoisotopic (exact) mass is 211 g/mol. The molecule has 0 unspecified atom stereocenters. The number of hydrogen-bond donors (Lipinski definition) is 1. The lowest BCUT2D eigenvalue weighted by Crippen LogP contribution is -2.01. The Morgan fingerprint density at radius 1 is 1.36 bits per heavy atom. The fourth-order valence-corrected chi connectivity index (χ4v) is 1.55. The van der Waals surface area contributed by atoms with Crippen LogP contribution in [0.15, 0.2) is 30.0 Å². The van der Waals surface area contributed by atoms with Crippen molar-refractivity contribution in [3.05, 3.63) is 40.8 Å². The number of para-hydroxylation sites is 1. The summed E-state index contributed by atoms with van der Waals surface area (Å²) in [5.41, 5.74) is 1.69. The molecule has 1 aromatic carbocycles. The molecule has 1 nitrogen and oxygen atoms in total. The van der Waals surface area contributed by atoms with E-state index in [0.29, 0.717) is 10.7 Å². The van der Waals surface area contributed by atoms with E-state index in [4.69, 9.17) is 11.6 Å². The molecular formula is C11H11ClFN. The van der Waals surface area contributed by atoms with Crippen LogP contribution >= 0.6 is 11.6 Å². The summed E-state index contributed by atoms with van der Waals surface area (Å²) in [6.45, 7) is 0. The number of rotatable bonds is 2. The van der Waals surface area contributed by atoms with Crippen molar-refractivity contribution in [2.75, 3.05) is 5.32 Å². The highest BCUT2D eigenvalue weighted by molar-refractivity contribution is 6.33. The summed E-state index contributed by atoms with van der Waals surface area (Å²) in [4.78, 5) is 0. The topological polar surface area (TPSA) is 12.0 Å². The van der Waals surface area contributed by atoms with Gasteiger partial charge < -0.3 is 5.32 Å². The summed E-state index contributed by atoms with van der Waals surface area (Å²) in [5, 5.41) is 3.33. The van der Waals surface area contributed by atoms with Gasteiger partial charge in [-0.3, -0.25) is 0 Å². The Labute approximate surface area is 87.6 Å². The average Bonchev–Trinajstić information content (AvgIpc) is 2.07. The number of nitrogens with one attached hydrogen (secondary N) is 1. The first-order valence-corrected chi connectivity index (χ1v) is 5.03. The van der Waals surface area contributed by atoms with Crippen molar-refractivity contribution in [2.24, 2.45) is 0 Å². The van der Waals surface area contributed by atoms with Crippen molar-refractivity contribution in [3.63, 3.8) is 0 Å². The van der Waals surface area contributed by atoms with E-state index in [2.05, 4.69) is 5.32 Å². The largest absolute Gasteiger partial charge is 0.358 e. The number of benzene rings is 1. The highest BCUT2D eigenvalue weighted by Gasteiger charge is 2.09. The van der Waals surface area contributed by atoms with Crippen LogP contribution in [0.25, 0.3) is 0 Å². The summed E-state index contributed by atoms with van der Waals surface area (Å²) >= 11 is 5.84. The maximum absolute atomic E-state index is 13.2. The molecule has 1 N–H and O–H groups in total. The summed E-state index contributed by atoms with van der Waals surface area (Å²) in [7, 11) is 0. The number of halogens is 2. The Morgan fingerprint density at radius 3 is 2.71 bits per heavy atom. The van der Waals surface area contributed by atoms with Gasteiger partial charge in [-0.05, 0) is 31.4 Å². The lowest BCUT2D eigenvalue weighted by atomic mass is 9.93. The third-order valence-electron chi connectivity index (χ3n) is 2.38. The fourth-order valence-electron chi connectivity index (χ4n) is 1.34. The zero-order valence-electron chi connectivity index (χ0n) is 7.69. The highest BCUT2D eigenvalue weighted by atomic mass is 35.5. The second-order valence-electron chi connectivity index (χ2n) is 3.40. The predicted octanol–water partition coefficient (Wildman–Crippen LogP) is 3.96. The summed E-state index contributed by atoms with van der Waals surface area (Å²) in [6.07, 6.45) is 5.31. The molecule has 0 bridgehead atoms. The molecule has 0 spiro atoms. The first-order valence-electron chi connectivity index (χ1n) is 4.66. The molecule has 1 saturated carbocycles. The van der Waals surface area contributed by atoms with Gasteiger partial charge in [0.1, 0.15) is 5.82 Å². The van der Waals surface area contributed by atoms with Crippen LogP contribution in [0.5, 0.6) is 0 Å². The summed E-state index contributed by atoms with van der Waals surface area (Å²) in [6, 6.07) is 4.67. The second kappa shape index (κ2) is 4.01. The number of allylic oxidation sites excluding steroid dienone is 1. The van der Waals surface area contributed by atoms with Gasteiger partial charge in [0.15, 0.2) is 0 Å². The minimum absolute atomic E-state index is 0.311. The van der Waals surface area contributed by atoms with Crippen LogP contribution in [-0.4, -0.2) is 0 Å². The number of hydrogen-bond acceptors (Lipinski definition) is 1. The van der Waals surface area contributed by atoms with Crippen LogP contribution < -0.4 is 5.32 Å². The van der Waals surface area contributed by atoms with Crippen molar-refractivity contribution >= 4 is 17.3 Å². The predicted molar refractivity (Wildman–Crippen MR) is 57.0 cm³/mol. The minimum atomic E-state index is -0.311.